The van der Waals surface area contributed by atoms with E-state index >= 15 is 0 Å². The number of rotatable bonds is 10. The fourth-order valence-electron chi connectivity index (χ4n) is 2.01. The van der Waals surface area contributed by atoms with Gasteiger partial charge in [0, 0.05) is 32.8 Å². The second-order valence-corrected chi connectivity index (χ2v) is 5.71. The molecule has 3 N–H and O–H groups in total. The summed E-state index contributed by atoms with van der Waals surface area (Å²) in [6.07, 6.45) is 1.03. The second-order valence-electron chi connectivity index (χ2n) is 5.71. The number of aliphatic hydroxyl groups is 1. The first-order valence-electron chi connectivity index (χ1n) is 8.47. The minimum atomic E-state index is 0.114. The van der Waals surface area contributed by atoms with Crippen LogP contribution in [0.5, 0.6) is 0 Å². The molecule has 0 spiro atoms. The van der Waals surface area contributed by atoms with Gasteiger partial charge < -0.3 is 20.5 Å². The maximum atomic E-state index is 9.04. The Kier molecular flexibility index (Phi) is 10.1. The van der Waals surface area contributed by atoms with Gasteiger partial charge in [0.2, 0.25) is 0 Å². The molecule has 0 heterocycles. The first kappa shape index (κ1) is 19.5. The molecule has 0 saturated heterocycles. The zero-order valence-electron chi connectivity index (χ0n) is 14.6. The van der Waals surface area contributed by atoms with E-state index in [1.54, 1.807) is 0 Å². The zero-order valence-corrected chi connectivity index (χ0v) is 14.6. The van der Waals surface area contributed by atoms with Crippen LogP contribution in [-0.2, 0) is 4.74 Å². The molecule has 1 aromatic rings. The summed E-state index contributed by atoms with van der Waals surface area (Å²) in [6, 6.07) is 10.2. The standard InChI is InChI=1S/C18H31N3O2/c1-4-19-18(21-13-15(2)14-22)20-11-8-12-23-16(3)17-9-6-5-7-10-17/h5-7,9-10,15-16,22H,4,8,11-14H2,1-3H3,(H2,19,20,21). The largest absolute Gasteiger partial charge is 0.396 e. The average molecular weight is 321 g/mol. The van der Waals surface area contributed by atoms with Crippen LogP contribution in [-0.4, -0.2) is 43.9 Å². The van der Waals surface area contributed by atoms with Gasteiger partial charge in [-0.05, 0) is 31.7 Å². The van der Waals surface area contributed by atoms with Crippen molar-refractivity contribution in [2.45, 2.75) is 33.3 Å². The summed E-state index contributed by atoms with van der Waals surface area (Å²) in [4.78, 5) is 4.46. The number of aliphatic imine (C=N–C) groups is 1. The second kappa shape index (κ2) is 11.9. The summed E-state index contributed by atoms with van der Waals surface area (Å²) in [6.45, 7) is 9.20. The normalized spacial score (nSPS) is 14.3. The molecule has 1 aromatic carbocycles. The summed E-state index contributed by atoms with van der Waals surface area (Å²) in [5, 5.41) is 15.5. The fraction of sp³-hybridized carbons (Fsp3) is 0.611. The van der Waals surface area contributed by atoms with Crippen molar-refractivity contribution >= 4 is 5.96 Å². The van der Waals surface area contributed by atoms with Crippen LogP contribution in [0.2, 0.25) is 0 Å². The molecule has 0 fully saturated rings. The van der Waals surface area contributed by atoms with Gasteiger partial charge in [-0.25, -0.2) is 0 Å². The molecule has 0 aromatic heterocycles. The topological polar surface area (TPSA) is 65.9 Å². The summed E-state index contributed by atoms with van der Waals surface area (Å²) in [5.74, 6) is 0.976. The van der Waals surface area contributed by atoms with Crippen LogP contribution in [0.3, 0.4) is 0 Å². The van der Waals surface area contributed by atoms with Crippen molar-refractivity contribution in [3.8, 4) is 0 Å². The summed E-state index contributed by atoms with van der Waals surface area (Å²) in [5.41, 5.74) is 1.20. The number of aliphatic hydroxyl groups excluding tert-OH is 1. The van der Waals surface area contributed by atoms with Gasteiger partial charge >= 0.3 is 0 Å². The highest BCUT2D eigenvalue weighted by Gasteiger charge is 2.04. The lowest BCUT2D eigenvalue weighted by Crippen LogP contribution is -2.38. The van der Waals surface area contributed by atoms with Crippen LogP contribution in [0.4, 0.5) is 0 Å². The molecule has 2 unspecified atom stereocenters. The smallest absolute Gasteiger partial charge is 0.191 e. The Bertz CT molecular complexity index is 437. The van der Waals surface area contributed by atoms with Gasteiger partial charge in [0.15, 0.2) is 5.96 Å². The first-order chi connectivity index (χ1) is 11.2. The van der Waals surface area contributed by atoms with E-state index in [-0.39, 0.29) is 18.6 Å². The Labute approximate surface area is 140 Å². The Hall–Kier alpha value is -1.59. The molecule has 0 aliphatic rings. The lowest BCUT2D eigenvalue weighted by Gasteiger charge is -2.15. The van der Waals surface area contributed by atoms with E-state index in [9.17, 15) is 0 Å². The minimum absolute atomic E-state index is 0.114. The van der Waals surface area contributed by atoms with Crippen LogP contribution in [0.25, 0.3) is 0 Å². The van der Waals surface area contributed by atoms with Gasteiger partial charge in [0.1, 0.15) is 0 Å². The van der Waals surface area contributed by atoms with E-state index < -0.39 is 0 Å². The third-order valence-electron chi connectivity index (χ3n) is 3.47. The zero-order chi connectivity index (χ0) is 16.9. The van der Waals surface area contributed by atoms with Crippen molar-refractivity contribution in [2.24, 2.45) is 10.9 Å². The number of guanidine groups is 1. The fourth-order valence-corrected chi connectivity index (χ4v) is 2.01. The summed E-state index contributed by atoms with van der Waals surface area (Å²) < 4.78 is 5.85. The number of hydrogen-bond donors (Lipinski definition) is 3. The highest BCUT2D eigenvalue weighted by Crippen LogP contribution is 2.15. The van der Waals surface area contributed by atoms with E-state index in [1.165, 1.54) is 5.56 Å². The third kappa shape index (κ3) is 8.57. The van der Waals surface area contributed by atoms with Gasteiger partial charge in [-0.2, -0.15) is 0 Å². The predicted molar refractivity (Wildman–Crippen MR) is 95.7 cm³/mol. The Morgan fingerprint density at radius 2 is 1.96 bits per heavy atom. The molecule has 0 aliphatic carbocycles. The summed E-state index contributed by atoms with van der Waals surface area (Å²) in [7, 11) is 0. The minimum Gasteiger partial charge on any atom is -0.396 e. The van der Waals surface area contributed by atoms with Crippen molar-refractivity contribution < 1.29 is 9.84 Å². The van der Waals surface area contributed by atoms with Crippen molar-refractivity contribution in [2.75, 3.05) is 32.8 Å². The maximum absolute atomic E-state index is 9.04. The van der Waals surface area contributed by atoms with E-state index in [0.717, 1.165) is 25.5 Å². The lowest BCUT2D eigenvalue weighted by atomic mass is 10.1. The number of ether oxygens (including phenoxy) is 1. The molecule has 0 amide bonds. The molecule has 0 aliphatic heterocycles. The Morgan fingerprint density at radius 3 is 2.61 bits per heavy atom. The molecule has 2 atom stereocenters. The third-order valence-corrected chi connectivity index (χ3v) is 3.47. The SMILES string of the molecule is CCNC(=NCC(C)CO)NCCCOC(C)c1ccccc1. The van der Waals surface area contributed by atoms with Gasteiger partial charge in [-0.3, -0.25) is 4.99 Å². The van der Waals surface area contributed by atoms with Crippen LogP contribution < -0.4 is 10.6 Å². The van der Waals surface area contributed by atoms with E-state index in [0.29, 0.717) is 13.2 Å². The molecule has 23 heavy (non-hydrogen) atoms. The van der Waals surface area contributed by atoms with Gasteiger partial charge in [0.25, 0.3) is 0 Å². The number of nitrogens with zero attached hydrogens (tertiary/aromatic N) is 1. The number of benzene rings is 1. The molecule has 0 radical (unpaired) electrons. The van der Waals surface area contributed by atoms with Crippen molar-refractivity contribution in [3.05, 3.63) is 35.9 Å². The molecular weight excluding hydrogens is 290 g/mol. The molecular formula is C18H31N3O2. The van der Waals surface area contributed by atoms with E-state index in [4.69, 9.17) is 9.84 Å². The first-order valence-corrected chi connectivity index (χ1v) is 8.47. The number of nitrogens with one attached hydrogen (secondary N) is 2. The predicted octanol–water partition coefficient (Wildman–Crippen LogP) is 2.34. The lowest BCUT2D eigenvalue weighted by molar-refractivity contribution is 0.0646. The average Bonchev–Trinajstić information content (AvgIpc) is 2.59. The highest BCUT2D eigenvalue weighted by atomic mass is 16.5. The van der Waals surface area contributed by atoms with Crippen LogP contribution in [0, 0.1) is 5.92 Å². The molecule has 1 rings (SSSR count). The molecule has 130 valence electrons. The van der Waals surface area contributed by atoms with Gasteiger partial charge in [0.05, 0.1) is 6.10 Å². The monoisotopic (exact) mass is 321 g/mol. The van der Waals surface area contributed by atoms with Crippen molar-refractivity contribution in [3.63, 3.8) is 0 Å². The molecule has 5 nitrogen and oxygen atoms in total. The molecule has 5 heteroatoms. The van der Waals surface area contributed by atoms with Crippen molar-refractivity contribution in [1.29, 1.82) is 0 Å². The van der Waals surface area contributed by atoms with Crippen LogP contribution in [0.1, 0.15) is 38.9 Å². The Balaban J connectivity index is 2.23. The van der Waals surface area contributed by atoms with Crippen LogP contribution in [0.15, 0.2) is 35.3 Å². The summed E-state index contributed by atoms with van der Waals surface area (Å²) >= 11 is 0. The van der Waals surface area contributed by atoms with Crippen molar-refractivity contribution in [1.82, 2.24) is 10.6 Å². The highest BCUT2D eigenvalue weighted by molar-refractivity contribution is 5.79. The van der Waals surface area contributed by atoms with Gasteiger partial charge in [-0.15, -0.1) is 0 Å². The molecule has 0 bridgehead atoms. The van der Waals surface area contributed by atoms with Gasteiger partial charge in [-0.1, -0.05) is 37.3 Å². The van der Waals surface area contributed by atoms with E-state index in [2.05, 4.69) is 34.7 Å². The van der Waals surface area contributed by atoms with Crippen LogP contribution >= 0.6 is 0 Å². The van der Waals surface area contributed by atoms with E-state index in [1.807, 2.05) is 32.0 Å². The quantitative estimate of drug-likeness (QED) is 0.351. The Morgan fingerprint density at radius 1 is 1.22 bits per heavy atom. The molecule has 0 saturated carbocycles. The number of hydrogen-bond acceptors (Lipinski definition) is 3. The maximum Gasteiger partial charge on any atom is 0.191 e.